The van der Waals surface area contributed by atoms with Gasteiger partial charge < -0.3 is 23.9 Å². The summed E-state index contributed by atoms with van der Waals surface area (Å²) in [6.45, 7) is 6.98. The molecule has 0 radical (unpaired) electrons. The molecule has 1 fully saturated rings. The van der Waals surface area contributed by atoms with E-state index in [2.05, 4.69) is 13.8 Å². The van der Waals surface area contributed by atoms with Crippen LogP contribution in [0.25, 0.3) is 21.9 Å². The fourth-order valence-electron chi connectivity index (χ4n) is 3.94. The van der Waals surface area contributed by atoms with Crippen molar-refractivity contribution < 1.29 is 23.9 Å². The molecule has 138 valence electrons. The molecular formula is C21H26NO4+. The molecule has 1 saturated heterocycles. The van der Waals surface area contributed by atoms with Crippen LogP contribution in [0.15, 0.2) is 46.9 Å². The van der Waals surface area contributed by atoms with Crippen LogP contribution in [0.2, 0.25) is 0 Å². The molecule has 0 amide bonds. The zero-order valence-corrected chi connectivity index (χ0v) is 15.3. The summed E-state index contributed by atoms with van der Waals surface area (Å²) >= 11 is 0. The lowest BCUT2D eigenvalue weighted by Gasteiger charge is -2.33. The second kappa shape index (κ2) is 7.27. The normalized spacial score (nSPS) is 24.8. The highest BCUT2D eigenvalue weighted by Crippen LogP contribution is 2.31. The van der Waals surface area contributed by atoms with Gasteiger partial charge in [0, 0.05) is 10.8 Å². The van der Waals surface area contributed by atoms with Crippen LogP contribution >= 0.6 is 0 Å². The van der Waals surface area contributed by atoms with Crippen LogP contribution in [0.3, 0.4) is 0 Å². The Bertz CT molecular complexity index is 880. The standard InChI is InChI=1S/C21H25NO4/c1-14-10-22(11-15(2)25-14)12-16(23)13-24-17-7-8-21-19(9-17)18-5-3-4-6-20(18)26-21/h3-9,14-16,23H,10-13H2,1-2H3/p+1/t14-,15+,16-/m1/s1. The molecule has 3 aromatic rings. The van der Waals surface area contributed by atoms with E-state index in [9.17, 15) is 5.11 Å². The molecule has 5 nitrogen and oxygen atoms in total. The van der Waals surface area contributed by atoms with Crippen molar-refractivity contribution in [3.63, 3.8) is 0 Å². The van der Waals surface area contributed by atoms with Crippen LogP contribution in [-0.4, -0.2) is 49.7 Å². The van der Waals surface area contributed by atoms with E-state index in [1.165, 1.54) is 4.90 Å². The smallest absolute Gasteiger partial charge is 0.137 e. The van der Waals surface area contributed by atoms with Gasteiger partial charge in [0.25, 0.3) is 0 Å². The third-order valence-corrected chi connectivity index (χ3v) is 4.93. The number of aliphatic hydroxyl groups excluding tert-OH is 1. The minimum atomic E-state index is -0.501. The first-order chi connectivity index (χ1) is 12.6. The van der Waals surface area contributed by atoms with E-state index in [-0.39, 0.29) is 18.8 Å². The lowest BCUT2D eigenvalue weighted by atomic mass is 10.1. The maximum absolute atomic E-state index is 10.4. The van der Waals surface area contributed by atoms with Crippen molar-refractivity contribution in [2.75, 3.05) is 26.2 Å². The van der Waals surface area contributed by atoms with E-state index < -0.39 is 6.10 Å². The van der Waals surface area contributed by atoms with Crippen molar-refractivity contribution in [2.45, 2.75) is 32.2 Å². The number of morpholine rings is 1. The molecule has 2 N–H and O–H groups in total. The van der Waals surface area contributed by atoms with Gasteiger partial charge in [-0.3, -0.25) is 0 Å². The molecule has 1 unspecified atom stereocenters. The van der Waals surface area contributed by atoms with E-state index in [1.807, 2.05) is 42.5 Å². The molecule has 1 aliphatic rings. The number of nitrogens with one attached hydrogen (secondary N) is 1. The van der Waals surface area contributed by atoms with Gasteiger partial charge in [0.2, 0.25) is 0 Å². The molecule has 1 aromatic heterocycles. The van der Waals surface area contributed by atoms with Gasteiger partial charge in [-0.15, -0.1) is 0 Å². The number of furan rings is 1. The van der Waals surface area contributed by atoms with E-state index in [0.717, 1.165) is 40.8 Å². The maximum Gasteiger partial charge on any atom is 0.137 e. The number of hydrogen-bond donors (Lipinski definition) is 2. The number of hydrogen-bond acceptors (Lipinski definition) is 4. The summed E-state index contributed by atoms with van der Waals surface area (Å²) in [6, 6.07) is 13.8. The SMILES string of the molecule is C[C@@H]1C[NH+](C[C@@H](O)COc2ccc3oc4ccccc4c3c2)C[C@H](C)O1. The number of quaternary nitrogens is 1. The quantitative estimate of drug-likeness (QED) is 0.734. The van der Waals surface area contributed by atoms with Crippen molar-refractivity contribution in [3.05, 3.63) is 42.5 Å². The first-order valence-corrected chi connectivity index (χ1v) is 9.29. The number of para-hydroxylation sites is 1. The summed E-state index contributed by atoms with van der Waals surface area (Å²) in [6.07, 6.45) is -0.0309. The molecule has 2 aromatic carbocycles. The third kappa shape index (κ3) is 3.70. The molecule has 1 aliphatic heterocycles. The average molecular weight is 356 g/mol. The number of benzene rings is 2. The minimum absolute atomic E-state index is 0.235. The number of aliphatic hydroxyl groups is 1. The van der Waals surface area contributed by atoms with Gasteiger partial charge in [0.05, 0.1) is 0 Å². The Hall–Kier alpha value is -2.08. The van der Waals surface area contributed by atoms with Gasteiger partial charge in [-0.1, -0.05) is 18.2 Å². The molecule has 0 bridgehead atoms. The summed E-state index contributed by atoms with van der Waals surface area (Å²) in [5.41, 5.74) is 1.72. The molecule has 5 heteroatoms. The van der Waals surface area contributed by atoms with Gasteiger partial charge in [-0.25, -0.2) is 0 Å². The Morgan fingerprint density at radius 2 is 1.81 bits per heavy atom. The Balaban J connectivity index is 1.40. The summed E-state index contributed by atoms with van der Waals surface area (Å²) in [7, 11) is 0. The van der Waals surface area contributed by atoms with Crippen molar-refractivity contribution in [3.8, 4) is 5.75 Å². The van der Waals surface area contributed by atoms with E-state index in [4.69, 9.17) is 13.9 Å². The van der Waals surface area contributed by atoms with Crippen molar-refractivity contribution in [1.29, 1.82) is 0 Å². The molecule has 0 aliphatic carbocycles. The summed E-state index contributed by atoms with van der Waals surface area (Å²) < 4.78 is 17.4. The Morgan fingerprint density at radius 1 is 1.08 bits per heavy atom. The van der Waals surface area contributed by atoms with Crippen molar-refractivity contribution >= 4 is 21.9 Å². The molecule has 0 saturated carbocycles. The number of fused-ring (bicyclic) bond motifs is 3. The second-order valence-electron chi connectivity index (χ2n) is 7.34. The van der Waals surface area contributed by atoms with Gasteiger partial charge in [-0.2, -0.15) is 0 Å². The third-order valence-electron chi connectivity index (χ3n) is 4.93. The predicted octanol–water partition coefficient (Wildman–Crippen LogP) is 2.02. The molecule has 4 atom stereocenters. The fourth-order valence-corrected chi connectivity index (χ4v) is 3.94. The van der Waals surface area contributed by atoms with E-state index in [1.54, 1.807) is 0 Å². The van der Waals surface area contributed by atoms with Crippen LogP contribution in [0.5, 0.6) is 5.75 Å². The highest BCUT2D eigenvalue weighted by Gasteiger charge is 2.27. The zero-order chi connectivity index (χ0) is 18.1. The van der Waals surface area contributed by atoms with Gasteiger partial charge in [0.1, 0.15) is 61.5 Å². The van der Waals surface area contributed by atoms with Gasteiger partial charge in [-0.05, 0) is 38.1 Å². The highest BCUT2D eigenvalue weighted by atomic mass is 16.5. The fraction of sp³-hybridized carbons (Fsp3) is 0.429. The van der Waals surface area contributed by atoms with Crippen LogP contribution in [0, 0.1) is 0 Å². The Kier molecular flexibility index (Phi) is 4.85. The first-order valence-electron chi connectivity index (χ1n) is 9.29. The molecule has 0 spiro atoms. The number of ether oxygens (including phenoxy) is 2. The van der Waals surface area contributed by atoms with Crippen molar-refractivity contribution in [2.24, 2.45) is 0 Å². The van der Waals surface area contributed by atoms with Gasteiger partial charge >= 0.3 is 0 Å². The lowest BCUT2D eigenvalue weighted by molar-refractivity contribution is -0.918. The van der Waals surface area contributed by atoms with Crippen LogP contribution in [0.1, 0.15) is 13.8 Å². The summed E-state index contributed by atoms with van der Waals surface area (Å²) in [5, 5.41) is 12.5. The highest BCUT2D eigenvalue weighted by molar-refractivity contribution is 6.05. The van der Waals surface area contributed by atoms with E-state index >= 15 is 0 Å². The van der Waals surface area contributed by atoms with Crippen LogP contribution in [-0.2, 0) is 4.74 Å². The number of rotatable bonds is 5. The largest absolute Gasteiger partial charge is 0.491 e. The van der Waals surface area contributed by atoms with Crippen molar-refractivity contribution in [1.82, 2.24) is 0 Å². The van der Waals surface area contributed by atoms with Gasteiger partial charge in [0.15, 0.2) is 0 Å². The molecule has 2 heterocycles. The molecule has 4 rings (SSSR count). The molecule has 26 heavy (non-hydrogen) atoms. The first kappa shape index (κ1) is 17.3. The predicted molar refractivity (Wildman–Crippen MR) is 101 cm³/mol. The summed E-state index contributed by atoms with van der Waals surface area (Å²) in [4.78, 5) is 1.36. The zero-order valence-electron chi connectivity index (χ0n) is 15.3. The topological polar surface area (TPSA) is 56.3 Å². The minimum Gasteiger partial charge on any atom is -0.491 e. The Labute approximate surface area is 153 Å². The maximum atomic E-state index is 10.4. The van der Waals surface area contributed by atoms with E-state index in [0.29, 0.717) is 6.54 Å². The van der Waals surface area contributed by atoms with Crippen LogP contribution in [0.4, 0.5) is 0 Å². The molecular weight excluding hydrogens is 330 g/mol. The summed E-state index contributed by atoms with van der Waals surface area (Å²) in [5.74, 6) is 0.752. The van der Waals surface area contributed by atoms with Crippen LogP contribution < -0.4 is 9.64 Å². The second-order valence-corrected chi connectivity index (χ2v) is 7.34. The average Bonchev–Trinajstić information content (AvgIpc) is 2.97. The monoisotopic (exact) mass is 356 g/mol. The Morgan fingerprint density at radius 3 is 2.62 bits per heavy atom. The lowest BCUT2D eigenvalue weighted by Crippen LogP contribution is -3.16.